The van der Waals surface area contributed by atoms with Crippen molar-refractivity contribution < 1.29 is 9.59 Å². The zero-order chi connectivity index (χ0) is 13.0. The SMILES string of the molecule is Cc1ccc(C(=O)NCCN2CCNC2=O)nn1. The predicted molar refractivity (Wildman–Crippen MR) is 64.1 cm³/mol. The molecule has 3 amide bonds. The van der Waals surface area contributed by atoms with Crippen molar-refractivity contribution >= 4 is 11.9 Å². The Hall–Kier alpha value is -2.18. The van der Waals surface area contributed by atoms with Crippen LogP contribution in [0.4, 0.5) is 4.79 Å². The highest BCUT2D eigenvalue weighted by atomic mass is 16.2. The second-order valence-corrected chi connectivity index (χ2v) is 4.03. The molecule has 1 saturated heterocycles. The molecule has 0 aliphatic carbocycles. The molecule has 2 N–H and O–H groups in total. The summed E-state index contributed by atoms with van der Waals surface area (Å²) in [4.78, 5) is 24.6. The predicted octanol–water partition coefficient (Wildman–Crippen LogP) is -0.460. The maximum Gasteiger partial charge on any atom is 0.317 e. The third-order valence-corrected chi connectivity index (χ3v) is 2.64. The lowest BCUT2D eigenvalue weighted by Gasteiger charge is -2.13. The van der Waals surface area contributed by atoms with Gasteiger partial charge in [0.25, 0.3) is 5.91 Å². The first-order valence-corrected chi connectivity index (χ1v) is 5.78. The molecular formula is C11H15N5O2. The molecule has 0 atom stereocenters. The molecule has 7 heteroatoms. The van der Waals surface area contributed by atoms with E-state index in [0.29, 0.717) is 26.2 Å². The van der Waals surface area contributed by atoms with Crippen molar-refractivity contribution in [3.05, 3.63) is 23.5 Å². The summed E-state index contributed by atoms with van der Waals surface area (Å²) in [5.41, 5.74) is 1.05. The van der Waals surface area contributed by atoms with Crippen molar-refractivity contribution in [1.29, 1.82) is 0 Å². The van der Waals surface area contributed by atoms with Crippen LogP contribution in [-0.2, 0) is 0 Å². The van der Waals surface area contributed by atoms with Crippen LogP contribution in [0.25, 0.3) is 0 Å². The summed E-state index contributed by atoms with van der Waals surface area (Å²) in [6.07, 6.45) is 0. The average Bonchev–Trinajstić information content (AvgIpc) is 2.76. The number of aryl methyl sites for hydroxylation is 1. The van der Waals surface area contributed by atoms with Crippen LogP contribution in [0.3, 0.4) is 0 Å². The van der Waals surface area contributed by atoms with E-state index >= 15 is 0 Å². The number of rotatable bonds is 4. The van der Waals surface area contributed by atoms with E-state index in [1.165, 1.54) is 0 Å². The van der Waals surface area contributed by atoms with Crippen LogP contribution in [0.1, 0.15) is 16.2 Å². The fourth-order valence-electron chi connectivity index (χ4n) is 1.64. The summed E-state index contributed by atoms with van der Waals surface area (Å²) < 4.78 is 0. The van der Waals surface area contributed by atoms with Gasteiger partial charge in [-0.2, -0.15) is 5.10 Å². The van der Waals surface area contributed by atoms with Gasteiger partial charge in [-0.05, 0) is 19.1 Å². The summed E-state index contributed by atoms with van der Waals surface area (Å²) in [6.45, 7) is 4.05. The van der Waals surface area contributed by atoms with E-state index in [-0.39, 0.29) is 17.6 Å². The first kappa shape index (κ1) is 12.3. The minimum atomic E-state index is -0.276. The second kappa shape index (κ2) is 5.44. The molecule has 1 aromatic rings. The summed E-state index contributed by atoms with van der Waals surface area (Å²) in [5.74, 6) is -0.276. The van der Waals surface area contributed by atoms with Crippen molar-refractivity contribution in [2.75, 3.05) is 26.2 Å². The molecule has 0 aromatic carbocycles. The molecule has 0 unspecified atom stereocenters. The molecule has 0 radical (unpaired) electrons. The van der Waals surface area contributed by atoms with E-state index in [9.17, 15) is 9.59 Å². The number of aromatic nitrogens is 2. The van der Waals surface area contributed by atoms with Gasteiger partial charge in [-0.25, -0.2) is 4.79 Å². The van der Waals surface area contributed by atoms with Gasteiger partial charge in [0.2, 0.25) is 0 Å². The molecule has 1 aliphatic heterocycles. The molecule has 18 heavy (non-hydrogen) atoms. The molecule has 0 bridgehead atoms. The summed E-state index contributed by atoms with van der Waals surface area (Å²) in [6, 6.07) is 3.27. The van der Waals surface area contributed by atoms with Crippen LogP contribution >= 0.6 is 0 Å². The molecule has 0 spiro atoms. The fourth-order valence-corrected chi connectivity index (χ4v) is 1.64. The zero-order valence-corrected chi connectivity index (χ0v) is 10.1. The standard InChI is InChI=1S/C11H15N5O2/c1-8-2-3-9(15-14-8)10(17)12-4-6-16-7-5-13-11(16)18/h2-3H,4-7H2,1H3,(H,12,17)(H,13,18). The minimum Gasteiger partial charge on any atom is -0.349 e. The lowest BCUT2D eigenvalue weighted by molar-refractivity contribution is 0.0944. The molecule has 1 fully saturated rings. The lowest BCUT2D eigenvalue weighted by atomic mass is 10.3. The lowest BCUT2D eigenvalue weighted by Crippen LogP contribution is -2.37. The molecular weight excluding hydrogens is 234 g/mol. The van der Waals surface area contributed by atoms with Crippen molar-refractivity contribution in [1.82, 2.24) is 25.7 Å². The van der Waals surface area contributed by atoms with Crippen molar-refractivity contribution in [2.45, 2.75) is 6.92 Å². The maximum absolute atomic E-state index is 11.7. The van der Waals surface area contributed by atoms with Crippen molar-refractivity contribution in [2.24, 2.45) is 0 Å². The minimum absolute atomic E-state index is 0.0839. The summed E-state index contributed by atoms with van der Waals surface area (Å²) in [5, 5.41) is 13.0. The Kier molecular flexibility index (Phi) is 3.71. The highest BCUT2D eigenvalue weighted by molar-refractivity contribution is 5.92. The molecule has 7 nitrogen and oxygen atoms in total. The van der Waals surface area contributed by atoms with Crippen LogP contribution in [-0.4, -0.2) is 53.2 Å². The number of nitrogens with one attached hydrogen (secondary N) is 2. The third-order valence-electron chi connectivity index (χ3n) is 2.64. The van der Waals surface area contributed by atoms with E-state index in [0.717, 1.165) is 5.69 Å². The van der Waals surface area contributed by atoms with Crippen LogP contribution in [0.2, 0.25) is 0 Å². The first-order chi connectivity index (χ1) is 8.66. The molecule has 2 rings (SSSR count). The van der Waals surface area contributed by atoms with Crippen molar-refractivity contribution in [3.63, 3.8) is 0 Å². The second-order valence-electron chi connectivity index (χ2n) is 4.03. The van der Waals surface area contributed by atoms with E-state index in [4.69, 9.17) is 0 Å². The quantitative estimate of drug-likeness (QED) is 0.756. The number of amides is 3. The number of carbonyl (C=O) groups excluding carboxylic acids is 2. The van der Waals surface area contributed by atoms with Crippen molar-refractivity contribution in [3.8, 4) is 0 Å². The number of urea groups is 1. The number of hydrogen-bond acceptors (Lipinski definition) is 4. The van der Waals surface area contributed by atoms with Gasteiger partial charge >= 0.3 is 6.03 Å². The zero-order valence-electron chi connectivity index (χ0n) is 10.1. The Labute approximate surface area is 105 Å². The Morgan fingerprint density at radius 2 is 2.33 bits per heavy atom. The molecule has 96 valence electrons. The first-order valence-electron chi connectivity index (χ1n) is 5.78. The molecule has 1 aliphatic rings. The van der Waals surface area contributed by atoms with Gasteiger partial charge in [-0.3, -0.25) is 4.79 Å². The largest absolute Gasteiger partial charge is 0.349 e. The van der Waals surface area contributed by atoms with E-state index in [1.54, 1.807) is 24.0 Å². The average molecular weight is 249 g/mol. The van der Waals surface area contributed by atoms with E-state index in [2.05, 4.69) is 20.8 Å². The third kappa shape index (κ3) is 2.93. The Bertz CT molecular complexity index is 445. The fraction of sp³-hybridized carbons (Fsp3) is 0.455. The van der Waals surface area contributed by atoms with Gasteiger partial charge in [0.1, 0.15) is 0 Å². The van der Waals surface area contributed by atoms with Crippen LogP contribution in [0.15, 0.2) is 12.1 Å². The monoisotopic (exact) mass is 249 g/mol. The normalized spacial score (nSPS) is 14.5. The van der Waals surface area contributed by atoms with Crippen LogP contribution in [0.5, 0.6) is 0 Å². The Balaban J connectivity index is 1.78. The molecule has 1 aromatic heterocycles. The summed E-state index contributed by atoms with van der Waals surface area (Å²) >= 11 is 0. The van der Waals surface area contributed by atoms with Gasteiger partial charge in [-0.15, -0.1) is 5.10 Å². The topological polar surface area (TPSA) is 87.2 Å². The number of hydrogen-bond donors (Lipinski definition) is 2. The highest BCUT2D eigenvalue weighted by Gasteiger charge is 2.18. The Morgan fingerprint density at radius 1 is 1.50 bits per heavy atom. The van der Waals surface area contributed by atoms with Gasteiger partial charge in [0.15, 0.2) is 5.69 Å². The summed E-state index contributed by atoms with van der Waals surface area (Å²) in [7, 11) is 0. The Morgan fingerprint density at radius 3 is 2.94 bits per heavy atom. The van der Waals surface area contributed by atoms with E-state index in [1.807, 2.05) is 0 Å². The number of carbonyl (C=O) groups is 2. The smallest absolute Gasteiger partial charge is 0.317 e. The van der Waals surface area contributed by atoms with E-state index < -0.39 is 0 Å². The van der Waals surface area contributed by atoms with Gasteiger partial charge in [-0.1, -0.05) is 0 Å². The maximum atomic E-state index is 11.7. The number of nitrogens with zero attached hydrogens (tertiary/aromatic N) is 3. The molecule has 2 heterocycles. The van der Waals surface area contributed by atoms with Crippen LogP contribution < -0.4 is 10.6 Å². The molecule has 0 saturated carbocycles. The van der Waals surface area contributed by atoms with Gasteiger partial charge in [0.05, 0.1) is 5.69 Å². The van der Waals surface area contributed by atoms with Crippen LogP contribution in [0, 0.1) is 6.92 Å². The highest BCUT2D eigenvalue weighted by Crippen LogP contribution is 1.96. The van der Waals surface area contributed by atoms with Gasteiger partial charge in [0, 0.05) is 26.2 Å². The van der Waals surface area contributed by atoms with Gasteiger partial charge < -0.3 is 15.5 Å².